The fraction of sp³-hybridized carbons (Fsp3) is 0.321. The quantitative estimate of drug-likeness (QED) is 0.224. The molecule has 38 heavy (non-hydrogen) atoms. The topological polar surface area (TPSA) is 76.0 Å². The van der Waals surface area contributed by atoms with E-state index in [0.29, 0.717) is 22.1 Å². The lowest BCUT2D eigenvalue weighted by atomic mass is 9.72. The second-order valence-electron chi connectivity index (χ2n) is 8.78. The van der Waals surface area contributed by atoms with Crippen LogP contribution in [0.15, 0.2) is 66.7 Å². The molecule has 0 saturated carbocycles. The lowest BCUT2D eigenvalue weighted by molar-refractivity contribution is -0.253. The van der Waals surface area contributed by atoms with Crippen molar-refractivity contribution in [3.05, 3.63) is 88.4 Å². The number of carboxylic acid groups (broad SMARTS) is 1. The molecule has 2 atom stereocenters. The largest absolute Gasteiger partial charge is 0.481 e. The predicted octanol–water partition coefficient (Wildman–Crippen LogP) is 7.69. The molecule has 0 aromatic heterocycles. The van der Waals surface area contributed by atoms with Crippen LogP contribution in [-0.4, -0.2) is 28.7 Å². The van der Waals surface area contributed by atoms with Gasteiger partial charge in [-0.2, -0.15) is 17.6 Å². The number of benzene rings is 3. The first-order valence-electron chi connectivity index (χ1n) is 11.8. The molecule has 10 heteroatoms. The van der Waals surface area contributed by atoms with Crippen molar-refractivity contribution in [2.45, 2.75) is 51.7 Å². The van der Waals surface area contributed by atoms with Gasteiger partial charge in [-0.15, -0.1) is 0 Å². The minimum atomic E-state index is -4.71. The van der Waals surface area contributed by atoms with Crippen LogP contribution in [0.5, 0.6) is 17.2 Å². The average molecular weight is 555 g/mol. The summed E-state index contributed by atoms with van der Waals surface area (Å²) in [6.07, 6.45) is -9.82. The highest BCUT2D eigenvalue weighted by Gasteiger charge is 2.46. The Labute approximate surface area is 222 Å². The zero-order chi connectivity index (χ0) is 28.1. The van der Waals surface area contributed by atoms with Gasteiger partial charge in [0.1, 0.15) is 22.7 Å². The molecule has 0 aliphatic carbocycles. The number of carboxylic acids is 1. The zero-order valence-corrected chi connectivity index (χ0v) is 21.4. The van der Waals surface area contributed by atoms with Gasteiger partial charge < -0.3 is 19.7 Å². The number of carbonyl (C=O) groups is 1. The lowest BCUT2D eigenvalue weighted by Gasteiger charge is -2.34. The molecule has 2 N–H and O–H groups in total. The van der Waals surface area contributed by atoms with Crippen LogP contribution >= 0.6 is 11.6 Å². The second-order valence-corrected chi connectivity index (χ2v) is 9.19. The molecule has 0 aliphatic heterocycles. The van der Waals surface area contributed by atoms with Crippen LogP contribution in [0, 0.1) is 5.41 Å². The number of alkyl halides is 4. The molecule has 3 rings (SSSR count). The molecular weight excluding hydrogens is 528 g/mol. The van der Waals surface area contributed by atoms with Gasteiger partial charge >= 0.3 is 18.5 Å². The van der Waals surface area contributed by atoms with E-state index in [9.17, 15) is 32.6 Å². The van der Waals surface area contributed by atoms with Crippen LogP contribution < -0.4 is 9.47 Å². The maximum Gasteiger partial charge on any atom is 0.461 e. The summed E-state index contributed by atoms with van der Waals surface area (Å²) in [4.78, 5) is 12.4. The molecule has 0 fully saturated rings. The van der Waals surface area contributed by atoms with E-state index in [1.165, 1.54) is 24.3 Å². The zero-order valence-electron chi connectivity index (χ0n) is 20.6. The highest BCUT2D eigenvalue weighted by Crippen LogP contribution is 2.42. The van der Waals surface area contributed by atoms with Crippen molar-refractivity contribution >= 4 is 17.6 Å². The van der Waals surface area contributed by atoms with Crippen molar-refractivity contribution < 1.29 is 42.0 Å². The Kier molecular flexibility index (Phi) is 9.27. The third-order valence-corrected chi connectivity index (χ3v) is 6.70. The second kappa shape index (κ2) is 12.0. The van der Waals surface area contributed by atoms with Gasteiger partial charge in [0.15, 0.2) is 0 Å². The Balaban J connectivity index is 1.84. The Bertz CT molecular complexity index is 1250. The van der Waals surface area contributed by atoms with Gasteiger partial charge in [0.25, 0.3) is 0 Å². The van der Waals surface area contributed by atoms with Gasteiger partial charge in [-0.05, 0) is 78.4 Å². The van der Waals surface area contributed by atoms with Crippen molar-refractivity contribution in [3.63, 3.8) is 0 Å². The summed E-state index contributed by atoms with van der Waals surface area (Å²) in [5.74, 6) is -0.849. The van der Waals surface area contributed by atoms with Crippen LogP contribution in [0.25, 0.3) is 0 Å². The molecule has 0 amide bonds. The van der Waals surface area contributed by atoms with Crippen LogP contribution in [0.4, 0.5) is 17.6 Å². The van der Waals surface area contributed by atoms with Crippen molar-refractivity contribution in [3.8, 4) is 17.2 Å². The maximum absolute atomic E-state index is 13.3. The van der Waals surface area contributed by atoms with Gasteiger partial charge in [0.2, 0.25) is 0 Å². The molecule has 0 spiro atoms. The minimum Gasteiger partial charge on any atom is -0.481 e. The summed E-state index contributed by atoms with van der Waals surface area (Å²) in [6.45, 7) is 3.54. The molecule has 0 aliphatic rings. The van der Waals surface area contributed by atoms with Crippen molar-refractivity contribution in [2.75, 3.05) is 0 Å². The summed E-state index contributed by atoms with van der Waals surface area (Å²) in [5, 5.41) is 21.9. The van der Waals surface area contributed by atoms with Crippen molar-refractivity contribution in [1.82, 2.24) is 0 Å². The number of hydrogen-bond donors (Lipinski definition) is 2. The summed E-state index contributed by atoms with van der Waals surface area (Å²) in [5.41, 5.74) is -0.329. The third kappa shape index (κ3) is 6.57. The number of aliphatic hydroxyl groups is 1. The van der Waals surface area contributed by atoms with Crippen LogP contribution in [0.3, 0.4) is 0 Å². The molecule has 0 bridgehead atoms. The number of halogens is 5. The number of aryl methyl sites for hydroxylation is 1. The van der Waals surface area contributed by atoms with Crippen molar-refractivity contribution in [1.29, 1.82) is 0 Å². The normalized spacial score (nSPS) is 14.1. The van der Waals surface area contributed by atoms with Gasteiger partial charge in [-0.3, -0.25) is 4.79 Å². The van der Waals surface area contributed by atoms with Gasteiger partial charge in [0.05, 0.1) is 6.10 Å². The summed E-state index contributed by atoms with van der Waals surface area (Å²) < 4.78 is 61.7. The average Bonchev–Trinajstić information content (AvgIpc) is 2.88. The van der Waals surface area contributed by atoms with Gasteiger partial charge in [0, 0.05) is 5.02 Å². The fourth-order valence-corrected chi connectivity index (χ4v) is 4.35. The van der Waals surface area contributed by atoms with E-state index in [1.807, 2.05) is 13.0 Å². The first-order valence-corrected chi connectivity index (χ1v) is 12.2. The summed E-state index contributed by atoms with van der Waals surface area (Å²) in [7, 11) is 0. The number of ether oxygens (including phenoxy) is 2. The van der Waals surface area contributed by atoms with E-state index in [4.69, 9.17) is 16.3 Å². The highest BCUT2D eigenvalue weighted by molar-refractivity contribution is 6.31. The number of rotatable bonds is 12. The van der Waals surface area contributed by atoms with Crippen LogP contribution in [0.1, 0.15) is 43.1 Å². The Hall–Kier alpha value is -3.30. The van der Waals surface area contributed by atoms with Crippen LogP contribution in [0.2, 0.25) is 5.02 Å². The standard InChI is InChI=1S/C28H27ClF4O5/c1-3-18-15-21(12-13-23(18)29)37-20-10-8-19(9-11-20)24(34)27(4-2,26(35)36)16-17-6-5-7-22(14-17)38-28(32,33)25(30)31/h5-15,24-25,34H,3-4,16H2,1-2H3,(H,35,36). The third-order valence-electron chi connectivity index (χ3n) is 6.34. The van der Waals surface area contributed by atoms with Gasteiger partial charge in [-0.1, -0.05) is 49.7 Å². The molecule has 5 nitrogen and oxygen atoms in total. The van der Waals surface area contributed by atoms with E-state index in [2.05, 4.69) is 4.74 Å². The first-order chi connectivity index (χ1) is 17.9. The van der Waals surface area contributed by atoms with E-state index < -0.39 is 35.8 Å². The molecule has 0 heterocycles. The van der Waals surface area contributed by atoms with E-state index in [0.717, 1.165) is 24.1 Å². The van der Waals surface area contributed by atoms with Gasteiger partial charge in [-0.25, -0.2) is 0 Å². The first kappa shape index (κ1) is 29.3. The van der Waals surface area contributed by atoms with Crippen molar-refractivity contribution in [2.24, 2.45) is 5.41 Å². The molecule has 0 radical (unpaired) electrons. The maximum atomic E-state index is 13.3. The lowest BCUT2D eigenvalue weighted by Crippen LogP contribution is -2.39. The highest BCUT2D eigenvalue weighted by atomic mass is 35.5. The minimum absolute atomic E-state index is 0.0232. The molecular formula is C28H27ClF4O5. The summed E-state index contributed by atoms with van der Waals surface area (Å²) >= 11 is 6.14. The number of aliphatic hydroxyl groups excluding tert-OH is 1. The molecule has 2 unspecified atom stereocenters. The number of hydrogen-bond acceptors (Lipinski definition) is 4. The molecule has 204 valence electrons. The summed E-state index contributed by atoms with van der Waals surface area (Å²) in [6, 6.07) is 16.3. The Morgan fingerprint density at radius 2 is 1.63 bits per heavy atom. The monoisotopic (exact) mass is 554 g/mol. The predicted molar refractivity (Wildman–Crippen MR) is 134 cm³/mol. The SMILES string of the molecule is CCc1cc(Oc2ccc(C(O)C(CC)(Cc3cccc(OC(F)(F)C(F)F)c3)C(=O)O)cc2)ccc1Cl. The van der Waals surface area contributed by atoms with E-state index in [1.54, 1.807) is 31.2 Å². The fourth-order valence-electron chi connectivity index (χ4n) is 4.10. The van der Waals surface area contributed by atoms with E-state index >= 15 is 0 Å². The van der Waals surface area contributed by atoms with Crippen LogP contribution in [-0.2, 0) is 17.6 Å². The Morgan fingerprint density at radius 3 is 2.21 bits per heavy atom. The van der Waals surface area contributed by atoms with E-state index in [-0.39, 0.29) is 18.4 Å². The Morgan fingerprint density at radius 1 is 0.974 bits per heavy atom. The molecule has 0 saturated heterocycles. The molecule has 3 aromatic carbocycles. The number of aliphatic carboxylic acids is 1. The smallest absolute Gasteiger partial charge is 0.461 e. The molecule has 3 aromatic rings.